The van der Waals surface area contributed by atoms with Crippen LogP contribution in [0.25, 0.3) is 22.2 Å². The molecule has 2 aromatic heterocycles. The molecule has 0 aliphatic carbocycles. The number of hydrogen-bond donors (Lipinski definition) is 5. The predicted octanol–water partition coefficient (Wildman–Crippen LogP) is 4.94. The van der Waals surface area contributed by atoms with E-state index in [4.69, 9.17) is 0 Å². The van der Waals surface area contributed by atoms with E-state index in [0.717, 1.165) is 55.5 Å². The lowest BCUT2D eigenvalue weighted by atomic mass is 9.92. The summed E-state index contributed by atoms with van der Waals surface area (Å²) in [5.74, 6) is -0.507. The van der Waals surface area contributed by atoms with Crippen molar-refractivity contribution < 1.29 is 28.0 Å². The lowest BCUT2D eigenvalue weighted by Crippen LogP contribution is -2.50. The summed E-state index contributed by atoms with van der Waals surface area (Å²) in [5.41, 5.74) is 5.69. The van der Waals surface area contributed by atoms with Gasteiger partial charge in [-0.1, -0.05) is 12.5 Å². The minimum absolute atomic E-state index is 0.0560. The lowest BCUT2D eigenvalue weighted by molar-refractivity contribution is -0.136. The number of fused-ring (bicyclic) bond motifs is 2. The number of nitrogens with zero attached hydrogens (tertiary/aromatic N) is 7. The number of rotatable bonds is 13. The van der Waals surface area contributed by atoms with E-state index in [2.05, 4.69) is 26.4 Å². The number of likely N-dealkylation sites (tertiary alicyclic amines) is 1. The first kappa shape index (κ1) is 45.1. The zero-order valence-corrected chi connectivity index (χ0v) is 37.2. The number of imide groups is 1. The van der Waals surface area contributed by atoms with Crippen molar-refractivity contribution in [3.63, 3.8) is 0 Å². The first-order valence-electron chi connectivity index (χ1n) is 22.6. The van der Waals surface area contributed by atoms with Crippen LogP contribution in [0.15, 0.2) is 58.8 Å². The summed E-state index contributed by atoms with van der Waals surface area (Å²) < 4.78 is 33.8. The largest absolute Gasteiger partial charge is 0.385 e. The number of aromatic nitrogens is 4. The van der Waals surface area contributed by atoms with Gasteiger partial charge in [0.25, 0.3) is 6.43 Å². The van der Waals surface area contributed by atoms with E-state index < -0.39 is 18.4 Å². The minimum atomic E-state index is -2.73. The highest BCUT2D eigenvalue weighted by Crippen LogP contribution is 2.40. The average molecular weight is 897 g/mol. The van der Waals surface area contributed by atoms with E-state index in [1.165, 1.54) is 15.2 Å². The zero-order valence-electron chi connectivity index (χ0n) is 37.2. The molecule has 2 fully saturated rings. The molecule has 19 heteroatoms. The zero-order chi connectivity index (χ0) is 45.9. The number of amides is 5. The van der Waals surface area contributed by atoms with Gasteiger partial charge in [-0.05, 0) is 80.3 Å². The van der Waals surface area contributed by atoms with Gasteiger partial charge in [0.05, 0.1) is 29.5 Å². The van der Waals surface area contributed by atoms with Crippen molar-refractivity contribution in [3.8, 4) is 11.1 Å². The molecule has 2 saturated heterocycles. The molecule has 5 amide bonds. The van der Waals surface area contributed by atoms with Crippen LogP contribution in [0.2, 0.25) is 0 Å². The smallest absolute Gasteiger partial charge is 0.329 e. The molecule has 346 valence electrons. The highest BCUT2D eigenvalue weighted by molar-refractivity contribution is 6.09. The molecular formula is C46H58F2N12O5. The van der Waals surface area contributed by atoms with Crippen LogP contribution in [-0.4, -0.2) is 111 Å². The van der Waals surface area contributed by atoms with E-state index in [-0.39, 0.29) is 60.4 Å². The average Bonchev–Trinajstić information content (AvgIpc) is 3.85. The summed E-state index contributed by atoms with van der Waals surface area (Å²) in [6.45, 7) is 2.96. The number of urea groups is 1. The van der Waals surface area contributed by atoms with Gasteiger partial charge in [0, 0.05) is 113 Å². The molecule has 0 bridgehead atoms. The maximum absolute atomic E-state index is 14.6. The second-order valence-electron chi connectivity index (χ2n) is 17.4. The van der Waals surface area contributed by atoms with Crippen LogP contribution in [0.3, 0.4) is 0 Å². The van der Waals surface area contributed by atoms with E-state index in [0.29, 0.717) is 85.4 Å². The van der Waals surface area contributed by atoms with Gasteiger partial charge in [-0.25, -0.2) is 18.4 Å². The van der Waals surface area contributed by atoms with Crippen molar-refractivity contribution in [1.82, 2.24) is 44.7 Å². The molecule has 4 aliphatic heterocycles. The third kappa shape index (κ3) is 9.36. The van der Waals surface area contributed by atoms with Crippen molar-refractivity contribution in [2.45, 2.75) is 89.1 Å². The number of imidazole rings is 1. The third-order valence-corrected chi connectivity index (χ3v) is 13.3. The fraction of sp³-hybridized carbons (Fsp3) is 0.500. The van der Waals surface area contributed by atoms with Crippen molar-refractivity contribution >= 4 is 52.0 Å². The summed E-state index contributed by atoms with van der Waals surface area (Å²) in [6, 6.07) is 7.93. The molecule has 1 atom stereocenters. The maximum atomic E-state index is 14.6. The van der Waals surface area contributed by atoms with Crippen LogP contribution in [0, 0.1) is 5.41 Å². The van der Waals surface area contributed by atoms with Gasteiger partial charge in [-0.2, -0.15) is 5.10 Å². The number of unbranched alkanes of at least 4 members (excludes halogenated alkanes) is 2. The van der Waals surface area contributed by atoms with E-state index >= 15 is 0 Å². The summed E-state index contributed by atoms with van der Waals surface area (Å²) in [5, 5.41) is 25.9. The van der Waals surface area contributed by atoms with Gasteiger partial charge < -0.3 is 30.7 Å². The summed E-state index contributed by atoms with van der Waals surface area (Å²) >= 11 is 0. The number of benzene rings is 2. The number of anilines is 2. The number of nitrogens with one attached hydrogen (secondary N) is 5. The Bertz CT molecular complexity index is 2590. The third-order valence-electron chi connectivity index (χ3n) is 13.3. The van der Waals surface area contributed by atoms with E-state index in [1.807, 2.05) is 28.0 Å². The van der Waals surface area contributed by atoms with Crippen LogP contribution >= 0.6 is 0 Å². The van der Waals surface area contributed by atoms with Gasteiger partial charge >= 0.3 is 11.7 Å². The van der Waals surface area contributed by atoms with E-state index in [9.17, 15) is 38.2 Å². The molecule has 8 rings (SSSR count). The summed E-state index contributed by atoms with van der Waals surface area (Å²) in [4.78, 5) is 69.2. The molecule has 4 aliphatic rings. The molecule has 0 spiro atoms. The fourth-order valence-corrected chi connectivity index (χ4v) is 9.80. The van der Waals surface area contributed by atoms with Crippen LogP contribution in [0.5, 0.6) is 0 Å². The number of carbonyl (C=O) groups excluding carboxylic acids is 4. The minimum Gasteiger partial charge on any atom is -0.385 e. The van der Waals surface area contributed by atoms with Gasteiger partial charge in [-0.3, -0.25) is 38.9 Å². The fourth-order valence-electron chi connectivity index (χ4n) is 9.80. The monoisotopic (exact) mass is 896 g/mol. The lowest BCUT2D eigenvalue weighted by Gasteiger charge is -2.39. The Kier molecular flexibility index (Phi) is 13.4. The molecular weight excluding hydrogens is 839 g/mol. The molecule has 65 heavy (non-hydrogen) atoms. The molecule has 17 nitrogen and oxygen atoms in total. The normalized spacial score (nSPS) is 18.3. The number of halogens is 2. The number of carbonyl (C=O) groups is 4. The Morgan fingerprint density at radius 3 is 2.49 bits per heavy atom. The van der Waals surface area contributed by atoms with Gasteiger partial charge in [0.15, 0.2) is 0 Å². The number of alkyl halides is 2. The van der Waals surface area contributed by atoms with Gasteiger partial charge in [0.1, 0.15) is 11.9 Å². The Hall–Kier alpha value is -6.53. The molecule has 4 aromatic rings. The second kappa shape index (κ2) is 19.3. The number of piperidine rings is 2. The maximum Gasteiger partial charge on any atom is 0.329 e. The van der Waals surface area contributed by atoms with Crippen molar-refractivity contribution in [2.24, 2.45) is 14.1 Å². The van der Waals surface area contributed by atoms with Crippen LogP contribution in [0.1, 0.15) is 87.8 Å². The van der Waals surface area contributed by atoms with Crippen LogP contribution < -0.4 is 31.9 Å². The highest BCUT2D eigenvalue weighted by Gasteiger charge is 2.34. The Balaban J connectivity index is 0.856. The van der Waals surface area contributed by atoms with Crippen LogP contribution in [-0.2, 0) is 34.9 Å². The Labute approximate surface area is 375 Å². The molecule has 2 aromatic carbocycles. The van der Waals surface area contributed by atoms with Gasteiger partial charge in [-0.15, -0.1) is 0 Å². The first-order chi connectivity index (χ1) is 31.3. The SMILES string of the molecule is CNC(=O)N1CCC(NC2CCN(C(=O)CCCCCNc3cccc4c3n(C)c(=O)n4C3CCC(=O)NC3=O)CC2)=C(C(=N)N2CCCc3cc(-c4cnn(C)c4)c(C(F)F)cc32)C1. The summed E-state index contributed by atoms with van der Waals surface area (Å²) in [6.07, 6.45) is 7.20. The number of amidine groups is 1. The Morgan fingerprint density at radius 1 is 0.969 bits per heavy atom. The second-order valence-corrected chi connectivity index (χ2v) is 17.4. The Morgan fingerprint density at radius 2 is 1.77 bits per heavy atom. The molecule has 5 N–H and O–H groups in total. The number of hydrogen-bond acceptors (Lipinski definition) is 9. The standard InChI is InChI=1S/C46H58F2N12O5/c1-50-45(64)58-22-17-34(33(27-58)43(49)59-19-8-9-28-23-31(29-25-52-55(2)26-29)32(42(47)48)24-38(28)59)53-30-15-20-57(21-16-30)40(62)12-5-4-6-18-51-35-10-7-11-36-41(35)56(3)46(65)60(36)37-13-14-39(61)54-44(37)63/h7,10-11,23-26,30,37,42,49,51,53H,4-6,8-9,12-22,27H2,1-3H3,(H,50,64)(H,54,61,63). The van der Waals surface area contributed by atoms with Gasteiger partial charge in [0.2, 0.25) is 17.7 Å². The molecule has 0 saturated carbocycles. The predicted molar refractivity (Wildman–Crippen MR) is 243 cm³/mol. The quantitative estimate of drug-likeness (QED) is 0.0535. The van der Waals surface area contributed by atoms with Crippen molar-refractivity contribution in [3.05, 3.63) is 75.6 Å². The number of para-hydroxylation sites is 1. The molecule has 1 unspecified atom stereocenters. The topological polar surface area (TPSA) is 195 Å². The summed E-state index contributed by atoms with van der Waals surface area (Å²) in [7, 11) is 5.00. The first-order valence-corrected chi connectivity index (χ1v) is 22.6. The number of aryl methyl sites for hydroxylation is 3. The molecule has 0 radical (unpaired) electrons. The van der Waals surface area contributed by atoms with Crippen molar-refractivity contribution in [1.29, 1.82) is 5.41 Å². The molecule has 6 heterocycles. The highest BCUT2D eigenvalue weighted by atomic mass is 19.3. The van der Waals surface area contributed by atoms with Crippen molar-refractivity contribution in [2.75, 3.05) is 56.5 Å². The van der Waals surface area contributed by atoms with Crippen LogP contribution in [0.4, 0.5) is 25.0 Å². The van der Waals surface area contributed by atoms with E-state index in [1.54, 1.807) is 49.2 Å².